The van der Waals surface area contributed by atoms with Crippen LogP contribution in [0.4, 0.5) is 13.2 Å². The Morgan fingerprint density at radius 2 is 1.79 bits per heavy atom. The molecule has 0 aromatic heterocycles. The van der Waals surface area contributed by atoms with Crippen molar-refractivity contribution < 1.29 is 21.6 Å². The molecule has 0 saturated carbocycles. The summed E-state index contributed by atoms with van der Waals surface area (Å²) in [6.45, 7) is 2.80. The Labute approximate surface area is 109 Å². The maximum absolute atomic E-state index is 13.5. The molecule has 2 unspecified atom stereocenters. The van der Waals surface area contributed by atoms with Gasteiger partial charge < -0.3 is 5.32 Å². The second-order valence-corrected chi connectivity index (χ2v) is 6.21. The second kappa shape index (κ2) is 5.10. The number of rotatable bonds is 3. The van der Waals surface area contributed by atoms with Gasteiger partial charge in [-0.3, -0.25) is 0 Å². The molecule has 1 heterocycles. The van der Waals surface area contributed by atoms with Crippen molar-refractivity contribution in [3.63, 3.8) is 0 Å². The van der Waals surface area contributed by atoms with E-state index in [1.165, 1.54) is 0 Å². The smallest absolute Gasteiger partial charge is 0.246 e. The van der Waals surface area contributed by atoms with Crippen molar-refractivity contribution in [2.24, 2.45) is 5.92 Å². The summed E-state index contributed by atoms with van der Waals surface area (Å²) < 4.78 is 65.8. The van der Waals surface area contributed by atoms with E-state index in [4.69, 9.17) is 0 Å². The fraction of sp³-hybridized carbons (Fsp3) is 0.455. The third kappa shape index (κ3) is 2.90. The Hall–Kier alpha value is -1.12. The lowest BCUT2D eigenvalue weighted by atomic mass is 10.1. The number of halogens is 3. The van der Waals surface area contributed by atoms with Crippen LogP contribution in [0.15, 0.2) is 17.0 Å². The van der Waals surface area contributed by atoms with Crippen LogP contribution in [0.3, 0.4) is 0 Å². The van der Waals surface area contributed by atoms with Gasteiger partial charge in [0.25, 0.3) is 0 Å². The van der Waals surface area contributed by atoms with Gasteiger partial charge in [0.1, 0.15) is 17.5 Å². The summed E-state index contributed by atoms with van der Waals surface area (Å²) in [5, 5.41) is 2.96. The van der Waals surface area contributed by atoms with E-state index < -0.39 is 38.4 Å². The van der Waals surface area contributed by atoms with Crippen LogP contribution in [-0.4, -0.2) is 27.5 Å². The second-order valence-electron chi connectivity index (χ2n) is 4.56. The van der Waals surface area contributed by atoms with E-state index >= 15 is 0 Å². The lowest BCUT2D eigenvalue weighted by Gasteiger charge is -2.17. The highest BCUT2D eigenvalue weighted by Crippen LogP contribution is 2.21. The Morgan fingerprint density at radius 3 is 2.26 bits per heavy atom. The summed E-state index contributed by atoms with van der Waals surface area (Å²) in [5.74, 6) is -4.04. The lowest BCUT2D eigenvalue weighted by Crippen LogP contribution is -2.40. The zero-order chi connectivity index (χ0) is 14.2. The maximum atomic E-state index is 13.5. The number of nitrogens with one attached hydrogen (secondary N) is 2. The average Bonchev–Trinajstić information content (AvgIpc) is 2.61. The fourth-order valence-corrected chi connectivity index (χ4v) is 3.48. The molecule has 1 fully saturated rings. The minimum atomic E-state index is -4.36. The van der Waals surface area contributed by atoms with E-state index in [-0.39, 0.29) is 5.92 Å². The Morgan fingerprint density at radius 1 is 1.21 bits per heavy atom. The molecule has 8 heteroatoms. The number of hydrogen-bond acceptors (Lipinski definition) is 3. The van der Waals surface area contributed by atoms with Gasteiger partial charge in [-0.25, -0.2) is 26.3 Å². The van der Waals surface area contributed by atoms with E-state index in [1.807, 2.05) is 6.92 Å². The van der Waals surface area contributed by atoms with Crippen LogP contribution in [0.25, 0.3) is 0 Å². The van der Waals surface area contributed by atoms with Crippen LogP contribution in [0.5, 0.6) is 0 Å². The molecule has 2 N–H and O–H groups in total. The molecule has 0 radical (unpaired) electrons. The Bertz CT molecular complexity index is 569. The molecule has 2 rings (SSSR count). The summed E-state index contributed by atoms with van der Waals surface area (Å²) in [5.41, 5.74) is 0. The lowest BCUT2D eigenvalue weighted by molar-refractivity contribution is 0.476. The molecular formula is C11H13F3N2O2S. The van der Waals surface area contributed by atoms with Crippen molar-refractivity contribution in [1.82, 2.24) is 10.0 Å². The van der Waals surface area contributed by atoms with E-state index in [1.54, 1.807) is 0 Å². The molecule has 1 aliphatic heterocycles. The predicted octanol–water partition coefficient (Wildman–Crippen LogP) is 0.990. The number of benzene rings is 1. The molecule has 2 atom stereocenters. The monoisotopic (exact) mass is 294 g/mol. The molecule has 1 aromatic carbocycles. The van der Waals surface area contributed by atoms with Crippen molar-refractivity contribution in [1.29, 1.82) is 0 Å². The molecule has 19 heavy (non-hydrogen) atoms. The third-order valence-corrected chi connectivity index (χ3v) is 4.60. The maximum Gasteiger partial charge on any atom is 0.246 e. The van der Waals surface area contributed by atoms with Crippen molar-refractivity contribution in [3.8, 4) is 0 Å². The van der Waals surface area contributed by atoms with Crippen LogP contribution in [0.1, 0.15) is 6.92 Å². The van der Waals surface area contributed by atoms with Gasteiger partial charge in [-0.1, -0.05) is 6.92 Å². The van der Waals surface area contributed by atoms with Crippen molar-refractivity contribution in [3.05, 3.63) is 29.6 Å². The Kier molecular flexibility index (Phi) is 3.84. The molecular weight excluding hydrogens is 281 g/mol. The topological polar surface area (TPSA) is 58.2 Å². The zero-order valence-electron chi connectivity index (χ0n) is 10.1. The highest BCUT2D eigenvalue weighted by Gasteiger charge is 2.31. The third-order valence-electron chi connectivity index (χ3n) is 3.06. The molecule has 0 aliphatic carbocycles. The minimum absolute atomic E-state index is 0.00125. The van der Waals surface area contributed by atoms with Crippen LogP contribution in [0, 0.1) is 23.4 Å². The molecule has 1 aliphatic rings. The van der Waals surface area contributed by atoms with Crippen molar-refractivity contribution >= 4 is 10.0 Å². The standard InChI is InChI=1S/C11H13F3N2O2S/c1-6-4-15-5-10(6)16-19(17,18)11-8(13)2-7(12)3-9(11)14/h2-3,6,10,15-16H,4-5H2,1H3. The predicted molar refractivity (Wildman–Crippen MR) is 62.5 cm³/mol. The summed E-state index contributed by atoms with van der Waals surface area (Å²) in [6.07, 6.45) is 0. The summed E-state index contributed by atoms with van der Waals surface area (Å²) in [7, 11) is -4.36. The van der Waals surface area contributed by atoms with Gasteiger partial charge in [0, 0.05) is 24.7 Å². The molecule has 106 valence electrons. The van der Waals surface area contributed by atoms with Crippen molar-refractivity contribution in [2.45, 2.75) is 17.9 Å². The van der Waals surface area contributed by atoms with Crippen molar-refractivity contribution in [2.75, 3.05) is 13.1 Å². The van der Waals surface area contributed by atoms with E-state index in [9.17, 15) is 21.6 Å². The number of sulfonamides is 1. The van der Waals surface area contributed by atoms with E-state index in [2.05, 4.69) is 10.0 Å². The summed E-state index contributed by atoms with van der Waals surface area (Å²) in [6, 6.07) is 0.232. The first-order valence-corrected chi connectivity index (χ1v) is 7.17. The molecule has 1 aromatic rings. The number of hydrogen-bond donors (Lipinski definition) is 2. The van der Waals surface area contributed by atoms with E-state index in [0.717, 1.165) is 0 Å². The first-order valence-electron chi connectivity index (χ1n) is 5.69. The first-order chi connectivity index (χ1) is 8.81. The molecule has 0 amide bonds. The van der Waals surface area contributed by atoms with Gasteiger partial charge in [-0.15, -0.1) is 0 Å². The first kappa shape index (κ1) is 14.3. The molecule has 0 spiro atoms. The molecule has 1 saturated heterocycles. The zero-order valence-corrected chi connectivity index (χ0v) is 10.9. The van der Waals surface area contributed by atoms with Crippen LogP contribution in [-0.2, 0) is 10.0 Å². The van der Waals surface area contributed by atoms with Gasteiger partial charge in [0.05, 0.1) is 0 Å². The highest BCUT2D eigenvalue weighted by molar-refractivity contribution is 7.89. The normalized spacial score (nSPS) is 23.8. The molecule has 0 bridgehead atoms. The average molecular weight is 294 g/mol. The summed E-state index contributed by atoms with van der Waals surface area (Å²) in [4.78, 5) is -1.15. The fourth-order valence-electron chi connectivity index (χ4n) is 2.01. The quantitative estimate of drug-likeness (QED) is 0.874. The van der Waals surface area contributed by atoms with Crippen LogP contribution >= 0.6 is 0 Å². The van der Waals surface area contributed by atoms with Gasteiger partial charge >= 0.3 is 0 Å². The minimum Gasteiger partial charge on any atom is -0.315 e. The Balaban J connectivity index is 2.34. The van der Waals surface area contributed by atoms with Gasteiger partial charge in [0.2, 0.25) is 10.0 Å². The largest absolute Gasteiger partial charge is 0.315 e. The SMILES string of the molecule is CC1CNCC1NS(=O)(=O)c1c(F)cc(F)cc1F. The molecule has 4 nitrogen and oxygen atoms in total. The van der Waals surface area contributed by atoms with Gasteiger partial charge in [-0.05, 0) is 12.5 Å². The summed E-state index contributed by atoms with van der Waals surface area (Å²) >= 11 is 0. The van der Waals surface area contributed by atoms with Gasteiger partial charge in [-0.2, -0.15) is 0 Å². The van der Waals surface area contributed by atoms with Gasteiger partial charge in [0.15, 0.2) is 4.90 Å². The van der Waals surface area contributed by atoms with Crippen LogP contribution < -0.4 is 10.0 Å². The van der Waals surface area contributed by atoms with E-state index in [0.29, 0.717) is 25.2 Å². The highest BCUT2D eigenvalue weighted by atomic mass is 32.2. The van der Waals surface area contributed by atoms with Crippen LogP contribution in [0.2, 0.25) is 0 Å².